The van der Waals surface area contributed by atoms with E-state index in [1.165, 1.54) is 0 Å². The molecular weight excluding hydrogens is 258 g/mol. The lowest BCUT2D eigenvalue weighted by atomic mass is 9.97. The van der Waals surface area contributed by atoms with Crippen molar-refractivity contribution < 1.29 is 14.3 Å². The maximum absolute atomic E-state index is 11.9. The van der Waals surface area contributed by atoms with Gasteiger partial charge in [0.25, 0.3) is 0 Å². The number of ether oxygens (including phenoxy) is 1. The molecule has 1 aliphatic rings. The van der Waals surface area contributed by atoms with Crippen LogP contribution in [-0.2, 0) is 9.53 Å². The van der Waals surface area contributed by atoms with Gasteiger partial charge in [0.05, 0.1) is 6.04 Å². The van der Waals surface area contributed by atoms with Crippen LogP contribution < -0.4 is 11.1 Å². The highest BCUT2D eigenvalue weighted by atomic mass is 16.6. The van der Waals surface area contributed by atoms with E-state index in [1.54, 1.807) is 11.8 Å². The number of hydrogen-bond acceptors (Lipinski definition) is 4. The summed E-state index contributed by atoms with van der Waals surface area (Å²) >= 11 is 0. The third-order valence-electron chi connectivity index (χ3n) is 3.15. The molecule has 0 aromatic carbocycles. The molecule has 1 aliphatic heterocycles. The number of nitrogens with one attached hydrogen (secondary N) is 1. The maximum atomic E-state index is 11.9. The molecule has 2 atom stereocenters. The molecule has 0 aliphatic carbocycles. The van der Waals surface area contributed by atoms with Gasteiger partial charge in [-0.05, 0) is 46.5 Å². The summed E-state index contributed by atoms with van der Waals surface area (Å²) < 4.78 is 5.19. The first-order chi connectivity index (χ1) is 9.19. The van der Waals surface area contributed by atoms with Gasteiger partial charge in [-0.1, -0.05) is 0 Å². The first-order valence-corrected chi connectivity index (χ1v) is 7.20. The van der Waals surface area contributed by atoms with Crippen LogP contribution in [0.15, 0.2) is 0 Å². The van der Waals surface area contributed by atoms with Crippen LogP contribution in [0.5, 0.6) is 0 Å². The van der Waals surface area contributed by atoms with E-state index in [0.29, 0.717) is 13.1 Å². The second kappa shape index (κ2) is 6.92. The van der Waals surface area contributed by atoms with Crippen LogP contribution in [0.25, 0.3) is 0 Å². The number of likely N-dealkylation sites (tertiary alicyclic amines) is 1. The maximum Gasteiger partial charge on any atom is 0.407 e. The van der Waals surface area contributed by atoms with E-state index in [1.807, 2.05) is 20.8 Å². The van der Waals surface area contributed by atoms with E-state index in [-0.39, 0.29) is 11.8 Å². The fourth-order valence-corrected chi connectivity index (χ4v) is 2.26. The smallest absolute Gasteiger partial charge is 0.407 e. The lowest BCUT2D eigenvalue weighted by Crippen LogP contribution is -2.49. The van der Waals surface area contributed by atoms with Gasteiger partial charge in [0.1, 0.15) is 5.60 Å². The SMILES string of the molecule is C[C@H](N)C(=O)N1CCCC(CNC(=O)OC(C)(C)C)C1. The summed E-state index contributed by atoms with van der Waals surface area (Å²) in [6.07, 6.45) is 1.53. The van der Waals surface area contributed by atoms with Gasteiger partial charge in [0.2, 0.25) is 5.91 Å². The van der Waals surface area contributed by atoms with Gasteiger partial charge in [0.15, 0.2) is 0 Å². The van der Waals surface area contributed by atoms with Crippen LogP contribution in [0, 0.1) is 5.92 Å². The third-order valence-corrected chi connectivity index (χ3v) is 3.15. The van der Waals surface area contributed by atoms with Crippen molar-refractivity contribution in [2.75, 3.05) is 19.6 Å². The van der Waals surface area contributed by atoms with Crippen LogP contribution >= 0.6 is 0 Å². The summed E-state index contributed by atoms with van der Waals surface area (Å²) in [5, 5.41) is 2.77. The van der Waals surface area contributed by atoms with E-state index in [2.05, 4.69) is 5.32 Å². The number of amides is 2. The average molecular weight is 285 g/mol. The van der Waals surface area contributed by atoms with Gasteiger partial charge in [-0.15, -0.1) is 0 Å². The predicted molar refractivity (Wildman–Crippen MR) is 77.2 cm³/mol. The molecule has 0 spiro atoms. The molecule has 116 valence electrons. The van der Waals surface area contributed by atoms with E-state index in [0.717, 1.165) is 19.4 Å². The molecule has 1 saturated heterocycles. The molecule has 0 saturated carbocycles. The van der Waals surface area contributed by atoms with Crippen molar-refractivity contribution in [2.24, 2.45) is 11.7 Å². The average Bonchev–Trinajstić information content (AvgIpc) is 2.33. The fraction of sp³-hybridized carbons (Fsp3) is 0.857. The second-order valence-corrected chi connectivity index (χ2v) is 6.46. The summed E-state index contributed by atoms with van der Waals surface area (Å²) in [7, 11) is 0. The van der Waals surface area contributed by atoms with Crippen molar-refractivity contribution in [2.45, 2.75) is 52.2 Å². The van der Waals surface area contributed by atoms with Crippen LogP contribution in [0.2, 0.25) is 0 Å². The number of alkyl carbamates (subject to hydrolysis) is 1. The van der Waals surface area contributed by atoms with Crippen molar-refractivity contribution in [3.8, 4) is 0 Å². The largest absolute Gasteiger partial charge is 0.444 e. The minimum absolute atomic E-state index is 0.0213. The lowest BCUT2D eigenvalue weighted by molar-refractivity contribution is -0.133. The monoisotopic (exact) mass is 285 g/mol. The van der Waals surface area contributed by atoms with Crippen LogP contribution in [0.1, 0.15) is 40.5 Å². The fourth-order valence-electron chi connectivity index (χ4n) is 2.26. The zero-order chi connectivity index (χ0) is 15.3. The van der Waals surface area contributed by atoms with Gasteiger partial charge < -0.3 is 20.7 Å². The topological polar surface area (TPSA) is 84.7 Å². The van der Waals surface area contributed by atoms with E-state index in [9.17, 15) is 9.59 Å². The van der Waals surface area contributed by atoms with Gasteiger partial charge >= 0.3 is 6.09 Å². The molecule has 3 N–H and O–H groups in total. The standard InChI is InChI=1S/C14H27N3O3/c1-10(15)12(18)17-7-5-6-11(9-17)8-16-13(19)20-14(2,3)4/h10-11H,5-9,15H2,1-4H3,(H,16,19)/t10-,11?/m0/s1. The van der Waals surface area contributed by atoms with E-state index >= 15 is 0 Å². The number of carbonyl (C=O) groups excluding carboxylic acids is 2. The number of piperidine rings is 1. The summed E-state index contributed by atoms with van der Waals surface area (Å²) in [6.45, 7) is 9.12. The lowest BCUT2D eigenvalue weighted by Gasteiger charge is -2.34. The number of nitrogens with two attached hydrogens (primary N) is 1. The highest BCUT2D eigenvalue weighted by molar-refractivity contribution is 5.81. The van der Waals surface area contributed by atoms with Gasteiger partial charge in [-0.25, -0.2) is 4.79 Å². The molecule has 1 rings (SSSR count). The number of nitrogens with zero attached hydrogens (tertiary/aromatic N) is 1. The molecule has 2 amide bonds. The Bertz CT molecular complexity index is 350. The Hall–Kier alpha value is -1.30. The number of hydrogen-bond donors (Lipinski definition) is 2. The highest BCUT2D eigenvalue weighted by Gasteiger charge is 2.26. The predicted octanol–water partition coefficient (Wildman–Crippen LogP) is 1.10. The molecule has 6 nitrogen and oxygen atoms in total. The summed E-state index contributed by atoms with van der Waals surface area (Å²) in [4.78, 5) is 25.2. The molecular formula is C14H27N3O3. The zero-order valence-electron chi connectivity index (χ0n) is 12.9. The van der Waals surface area contributed by atoms with E-state index < -0.39 is 17.7 Å². The van der Waals surface area contributed by atoms with Gasteiger partial charge in [0, 0.05) is 19.6 Å². The molecule has 20 heavy (non-hydrogen) atoms. The molecule has 1 heterocycles. The Kier molecular flexibility index (Phi) is 5.80. The normalized spacial score (nSPS) is 21.2. The van der Waals surface area contributed by atoms with Crippen molar-refractivity contribution in [3.05, 3.63) is 0 Å². The number of rotatable bonds is 3. The molecule has 0 aromatic heterocycles. The van der Waals surface area contributed by atoms with Gasteiger partial charge in [-0.3, -0.25) is 4.79 Å². The van der Waals surface area contributed by atoms with Crippen molar-refractivity contribution in [3.63, 3.8) is 0 Å². The molecule has 0 bridgehead atoms. The first kappa shape index (κ1) is 16.8. The Morgan fingerprint density at radius 1 is 1.45 bits per heavy atom. The molecule has 1 fully saturated rings. The Labute approximate surface area is 121 Å². The summed E-state index contributed by atoms with van der Waals surface area (Å²) in [5.74, 6) is 0.242. The molecule has 0 radical (unpaired) electrons. The Morgan fingerprint density at radius 3 is 2.65 bits per heavy atom. The molecule has 0 aromatic rings. The summed E-state index contributed by atoms with van der Waals surface area (Å²) in [6, 6.07) is -0.465. The van der Waals surface area contributed by atoms with Crippen LogP contribution in [-0.4, -0.2) is 48.2 Å². The molecule has 6 heteroatoms. The van der Waals surface area contributed by atoms with Gasteiger partial charge in [-0.2, -0.15) is 0 Å². The Morgan fingerprint density at radius 2 is 2.10 bits per heavy atom. The van der Waals surface area contributed by atoms with Crippen molar-refractivity contribution in [1.29, 1.82) is 0 Å². The molecule has 1 unspecified atom stereocenters. The van der Waals surface area contributed by atoms with Crippen molar-refractivity contribution >= 4 is 12.0 Å². The second-order valence-electron chi connectivity index (χ2n) is 6.46. The summed E-state index contributed by atoms with van der Waals surface area (Å²) in [5.41, 5.74) is 5.13. The van der Waals surface area contributed by atoms with Crippen molar-refractivity contribution in [1.82, 2.24) is 10.2 Å². The van der Waals surface area contributed by atoms with E-state index in [4.69, 9.17) is 10.5 Å². The van der Waals surface area contributed by atoms with Crippen LogP contribution in [0.3, 0.4) is 0 Å². The van der Waals surface area contributed by atoms with Crippen LogP contribution in [0.4, 0.5) is 4.79 Å². The minimum atomic E-state index is -0.492. The zero-order valence-corrected chi connectivity index (χ0v) is 12.9. The first-order valence-electron chi connectivity index (χ1n) is 7.20. The third kappa shape index (κ3) is 5.77. The quantitative estimate of drug-likeness (QED) is 0.813. The minimum Gasteiger partial charge on any atom is -0.444 e. The Balaban J connectivity index is 2.37. The highest BCUT2D eigenvalue weighted by Crippen LogP contribution is 2.16. The number of carbonyl (C=O) groups is 2.